The second-order valence-corrected chi connectivity index (χ2v) is 11.4. The summed E-state index contributed by atoms with van der Waals surface area (Å²) in [4.78, 5) is 29.2. The SMILES string of the molecule is O=C(NC1CC(c2ccc(C(F)(F)F)cc2)CN(C(=O)N2CCS(O)(O)CC2)C1)c1ccccc1. The van der Waals surface area contributed by atoms with Crippen LogP contribution in [0, 0.1) is 0 Å². The number of hydrogen-bond acceptors (Lipinski definition) is 4. The van der Waals surface area contributed by atoms with Crippen molar-refractivity contribution >= 4 is 22.5 Å². The van der Waals surface area contributed by atoms with Gasteiger partial charge in [0.05, 0.1) is 17.1 Å². The Hall–Kier alpha value is -2.76. The Morgan fingerprint density at radius 3 is 2.14 bits per heavy atom. The third-order valence-corrected chi connectivity index (χ3v) is 8.12. The van der Waals surface area contributed by atoms with E-state index in [1.54, 1.807) is 40.1 Å². The predicted molar refractivity (Wildman–Crippen MR) is 128 cm³/mol. The summed E-state index contributed by atoms with van der Waals surface area (Å²) < 4.78 is 58.8. The fraction of sp³-hybridized carbons (Fsp3) is 0.417. The fourth-order valence-corrected chi connectivity index (χ4v) is 5.75. The standard InChI is InChI=1S/C24H28F3N3O4S/c25-24(26,27)20-8-6-17(7-9-20)19-14-21(28-22(31)18-4-2-1-3-5-18)16-30(15-19)23(32)29-10-12-35(33,34)13-11-29/h1-9,19,21,33-34H,10-16H2,(H,28,31). The molecule has 0 radical (unpaired) electrons. The Kier molecular flexibility index (Phi) is 7.30. The van der Waals surface area contributed by atoms with Gasteiger partial charge in [0.25, 0.3) is 5.91 Å². The number of hydrogen-bond donors (Lipinski definition) is 3. The second kappa shape index (κ2) is 10.1. The third-order valence-electron chi connectivity index (χ3n) is 6.45. The van der Waals surface area contributed by atoms with Crippen molar-refractivity contribution in [3.8, 4) is 0 Å². The van der Waals surface area contributed by atoms with Gasteiger partial charge in [-0.05, 0) is 36.2 Å². The van der Waals surface area contributed by atoms with Crippen LogP contribution in [0.2, 0.25) is 0 Å². The topological polar surface area (TPSA) is 93.1 Å². The molecule has 7 nitrogen and oxygen atoms in total. The highest BCUT2D eigenvalue weighted by molar-refractivity contribution is 8.24. The van der Waals surface area contributed by atoms with Crippen LogP contribution in [-0.2, 0) is 6.18 Å². The van der Waals surface area contributed by atoms with Gasteiger partial charge in [-0.25, -0.2) is 4.79 Å². The quantitative estimate of drug-likeness (QED) is 0.567. The van der Waals surface area contributed by atoms with Gasteiger partial charge < -0.3 is 15.1 Å². The van der Waals surface area contributed by atoms with Crippen molar-refractivity contribution in [2.45, 2.75) is 24.6 Å². The van der Waals surface area contributed by atoms with Gasteiger partial charge in [-0.2, -0.15) is 23.8 Å². The van der Waals surface area contributed by atoms with Gasteiger partial charge in [0, 0.05) is 43.7 Å². The summed E-state index contributed by atoms with van der Waals surface area (Å²) in [6, 6.07) is 12.9. The summed E-state index contributed by atoms with van der Waals surface area (Å²) in [5, 5.41) is 2.96. The first-order valence-electron chi connectivity index (χ1n) is 11.3. The maximum Gasteiger partial charge on any atom is 0.416 e. The molecule has 2 fully saturated rings. The van der Waals surface area contributed by atoms with E-state index in [0.29, 0.717) is 17.5 Å². The van der Waals surface area contributed by atoms with E-state index in [9.17, 15) is 31.9 Å². The van der Waals surface area contributed by atoms with Gasteiger partial charge >= 0.3 is 12.2 Å². The van der Waals surface area contributed by atoms with Gasteiger partial charge in [-0.1, -0.05) is 30.3 Å². The number of rotatable bonds is 3. The minimum absolute atomic E-state index is 0.114. The second-order valence-electron chi connectivity index (χ2n) is 8.97. The molecule has 0 aromatic heterocycles. The zero-order valence-corrected chi connectivity index (χ0v) is 19.8. The number of amides is 3. The van der Waals surface area contributed by atoms with Crippen LogP contribution in [0.5, 0.6) is 0 Å². The summed E-state index contributed by atoms with van der Waals surface area (Å²) in [5.41, 5.74) is 0.386. The van der Waals surface area contributed by atoms with E-state index in [1.165, 1.54) is 12.1 Å². The molecular formula is C24H28F3N3O4S. The van der Waals surface area contributed by atoms with Gasteiger partial charge in [-0.15, -0.1) is 0 Å². The first kappa shape index (κ1) is 25.3. The highest BCUT2D eigenvalue weighted by Crippen LogP contribution is 2.40. The summed E-state index contributed by atoms with van der Waals surface area (Å²) in [6.45, 7) is 0.962. The molecule has 2 aliphatic heterocycles. The molecule has 0 saturated carbocycles. The van der Waals surface area contributed by atoms with Gasteiger partial charge in [0.1, 0.15) is 0 Å². The average Bonchev–Trinajstić information content (AvgIpc) is 2.83. The molecule has 3 N–H and O–H groups in total. The Bertz CT molecular complexity index is 1040. The van der Waals surface area contributed by atoms with Crippen molar-refractivity contribution in [1.29, 1.82) is 0 Å². The Labute approximate surface area is 203 Å². The van der Waals surface area contributed by atoms with Gasteiger partial charge in [0.2, 0.25) is 0 Å². The van der Waals surface area contributed by atoms with Crippen LogP contribution >= 0.6 is 10.6 Å². The van der Waals surface area contributed by atoms with E-state index in [1.807, 2.05) is 0 Å². The van der Waals surface area contributed by atoms with Crippen molar-refractivity contribution < 1.29 is 31.9 Å². The molecule has 0 aliphatic carbocycles. The minimum atomic E-state index is -4.44. The first-order chi connectivity index (χ1) is 16.5. The summed E-state index contributed by atoms with van der Waals surface area (Å²) in [6.07, 6.45) is -3.97. The number of urea groups is 1. The molecule has 4 rings (SSSR count). The number of likely N-dealkylation sites (tertiary alicyclic amines) is 1. The van der Waals surface area contributed by atoms with Crippen molar-refractivity contribution in [3.63, 3.8) is 0 Å². The maximum atomic E-state index is 13.3. The Morgan fingerprint density at radius 1 is 0.914 bits per heavy atom. The molecule has 2 heterocycles. The number of benzene rings is 2. The molecule has 0 spiro atoms. The van der Waals surface area contributed by atoms with Crippen LogP contribution in [0.1, 0.15) is 33.8 Å². The van der Waals surface area contributed by atoms with E-state index in [0.717, 1.165) is 12.1 Å². The zero-order chi connectivity index (χ0) is 25.2. The summed E-state index contributed by atoms with van der Waals surface area (Å²) >= 11 is 0. The molecule has 2 unspecified atom stereocenters. The number of alkyl halides is 3. The first-order valence-corrected chi connectivity index (χ1v) is 13.2. The molecule has 11 heteroatoms. The lowest BCUT2D eigenvalue weighted by Crippen LogP contribution is -2.56. The lowest BCUT2D eigenvalue weighted by Gasteiger charge is -2.44. The number of nitrogens with one attached hydrogen (secondary N) is 1. The zero-order valence-electron chi connectivity index (χ0n) is 18.9. The number of carbonyl (C=O) groups is 2. The molecule has 3 amide bonds. The van der Waals surface area contributed by atoms with E-state index in [4.69, 9.17) is 0 Å². The molecule has 2 saturated heterocycles. The van der Waals surface area contributed by atoms with Crippen molar-refractivity contribution in [3.05, 3.63) is 71.3 Å². The molecule has 2 aliphatic rings. The highest BCUT2D eigenvalue weighted by Gasteiger charge is 2.36. The summed E-state index contributed by atoms with van der Waals surface area (Å²) in [7, 11) is -2.67. The molecule has 190 valence electrons. The van der Waals surface area contributed by atoms with Crippen LogP contribution in [0.3, 0.4) is 0 Å². The van der Waals surface area contributed by atoms with Crippen molar-refractivity contribution in [1.82, 2.24) is 15.1 Å². The van der Waals surface area contributed by atoms with Gasteiger partial charge in [-0.3, -0.25) is 13.9 Å². The molecular weight excluding hydrogens is 483 g/mol. The molecule has 2 aromatic rings. The smallest absolute Gasteiger partial charge is 0.347 e. The molecule has 2 atom stereocenters. The van der Waals surface area contributed by atoms with Crippen LogP contribution in [0.4, 0.5) is 18.0 Å². The number of carbonyl (C=O) groups excluding carboxylic acids is 2. The average molecular weight is 512 g/mol. The van der Waals surface area contributed by atoms with Crippen LogP contribution in [0.25, 0.3) is 0 Å². The molecule has 0 bridgehead atoms. The monoisotopic (exact) mass is 511 g/mol. The van der Waals surface area contributed by atoms with Crippen molar-refractivity contribution in [2.24, 2.45) is 0 Å². The number of halogens is 3. The number of nitrogens with zero attached hydrogens (tertiary/aromatic N) is 2. The van der Waals surface area contributed by atoms with Crippen LogP contribution in [-0.4, -0.2) is 74.6 Å². The molecule has 35 heavy (non-hydrogen) atoms. The maximum absolute atomic E-state index is 13.3. The van der Waals surface area contributed by atoms with Gasteiger partial charge in [0.15, 0.2) is 0 Å². The lowest BCUT2D eigenvalue weighted by molar-refractivity contribution is -0.137. The van der Waals surface area contributed by atoms with Crippen molar-refractivity contribution in [2.75, 3.05) is 37.7 Å². The Morgan fingerprint density at radius 2 is 1.54 bits per heavy atom. The van der Waals surface area contributed by atoms with Crippen LogP contribution in [0.15, 0.2) is 54.6 Å². The fourth-order valence-electron chi connectivity index (χ4n) is 4.52. The van der Waals surface area contributed by atoms with E-state index in [2.05, 4.69) is 5.32 Å². The number of piperidine rings is 1. The normalized spacial score (nSPS) is 23.5. The lowest BCUT2D eigenvalue weighted by atomic mass is 9.87. The van der Waals surface area contributed by atoms with E-state index >= 15 is 0 Å². The van der Waals surface area contributed by atoms with E-state index in [-0.39, 0.29) is 55.5 Å². The Balaban J connectivity index is 1.53. The summed E-state index contributed by atoms with van der Waals surface area (Å²) in [5.74, 6) is -0.337. The highest BCUT2D eigenvalue weighted by atomic mass is 32.3. The largest absolute Gasteiger partial charge is 0.416 e. The minimum Gasteiger partial charge on any atom is -0.347 e. The predicted octanol–water partition coefficient (Wildman–Crippen LogP) is 4.48. The molecule has 2 aromatic carbocycles. The third kappa shape index (κ3) is 6.28. The van der Waals surface area contributed by atoms with Crippen LogP contribution < -0.4 is 5.32 Å². The van der Waals surface area contributed by atoms with E-state index < -0.39 is 28.4 Å².